The van der Waals surface area contributed by atoms with Crippen LogP contribution in [0.15, 0.2) is 24.3 Å². The quantitative estimate of drug-likeness (QED) is 0.692. The molecule has 3 heteroatoms. The van der Waals surface area contributed by atoms with Crippen LogP contribution >= 0.6 is 0 Å². The van der Waals surface area contributed by atoms with Crippen LogP contribution in [0.5, 0.6) is 0 Å². The molecule has 1 rings (SSSR count). The molecule has 0 spiro atoms. The summed E-state index contributed by atoms with van der Waals surface area (Å²) in [7, 11) is 0. The second-order valence-corrected chi connectivity index (χ2v) is 4.09. The molecule has 0 heterocycles. The van der Waals surface area contributed by atoms with Crippen molar-refractivity contribution in [1.29, 1.82) is 0 Å². The number of hydrogen-bond acceptors (Lipinski definition) is 3. The summed E-state index contributed by atoms with van der Waals surface area (Å²) in [5.41, 5.74) is 7.73. The minimum Gasteiger partial charge on any atom is -0.399 e. The molecule has 0 fully saturated rings. The molecule has 3 nitrogen and oxygen atoms in total. The smallest absolute Gasteiger partial charge is 0.0443 e. The van der Waals surface area contributed by atoms with E-state index in [1.54, 1.807) is 0 Å². The number of rotatable bonds is 7. The first-order valence-electron chi connectivity index (χ1n) is 5.94. The first kappa shape index (κ1) is 13.0. The van der Waals surface area contributed by atoms with Crippen molar-refractivity contribution in [1.82, 2.24) is 4.90 Å². The molecule has 0 bridgehead atoms. The second-order valence-electron chi connectivity index (χ2n) is 4.09. The Morgan fingerprint density at radius 3 is 2.44 bits per heavy atom. The van der Waals surface area contributed by atoms with E-state index in [2.05, 4.69) is 24.0 Å². The normalized spacial score (nSPS) is 10.9. The zero-order valence-corrected chi connectivity index (χ0v) is 10.0. The number of benzene rings is 1. The van der Waals surface area contributed by atoms with Gasteiger partial charge in [-0.25, -0.2) is 0 Å². The van der Waals surface area contributed by atoms with Crippen molar-refractivity contribution in [2.45, 2.75) is 26.3 Å². The van der Waals surface area contributed by atoms with Crippen LogP contribution in [0.1, 0.15) is 25.3 Å². The van der Waals surface area contributed by atoms with Gasteiger partial charge >= 0.3 is 0 Å². The molecule has 90 valence electrons. The maximum absolute atomic E-state index is 8.84. The largest absolute Gasteiger partial charge is 0.399 e. The van der Waals surface area contributed by atoms with Crippen molar-refractivity contribution in [2.24, 2.45) is 0 Å². The van der Waals surface area contributed by atoms with Gasteiger partial charge in [-0.05, 0) is 37.1 Å². The molecule has 1 aromatic carbocycles. The van der Waals surface area contributed by atoms with Crippen molar-refractivity contribution in [3.05, 3.63) is 29.8 Å². The molecule has 0 aromatic heterocycles. The third-order valence-corrected chi connectivity index (χ3v) is 2.56. The average Bonchev–Trinajstić information content (AvgIpc) is 2.29. The molecule has 3 N–H and O–H groups in total. The average molecular weight is 222 g/mol. The summed E-state index contributed by atoms with van der Waals surface area (Å²) < 4.78 is 0. The Hall–Kier alpha value is -1.06. The fourth-order valence-electron chi connectivity index (χ4n) is 1.76. The number of hydrogen-bond donors (Lipinski definition) is 2. The molecule has 0 saturated heterocycles. The number of anilines is 1. The number of nitrogens with zero attached hydrogens (tertiary/aromatic N) is 1. The Labute approximate surface area is 97.9 Å². The lowest BCUT2D eigenvalue weighted by atomic mass is 10.2. The highest BCUT2D eigenvalue weighted by atomic mass is 16.3. The van der Waals surface area contributed by atoms with Gasteiger partial charge in [0.1, 0.15) is 0 Å². The van der Waals surface area contributed by atoms with Crippen LogP contribution in [0.25, 0.3) is 0 Å². The van der Waals surface area contributed by atoms with Crippen LogP contribution in [-0.4, -0.2) is 29.7 Å². The maximum Gasteiger partial charge on any atom is 0.0443 e. The van der Waals surface area contributed by atoms with E-state index in [0.717, 1.165) is 38.2 Å². The van der Waals surface area contributed by atoms with E-state index in [4.69, 9.17) is 10.8 Å². The summed E-state index contributed by atoms with van der Waals surface area (Å²) in [4.78, 5) is 2.36. The highest BCUT2D eigenvalue weighted by Gasteiger charge is 2.04. The standard InChI is InChI=1S/C13H22N2O/c1-2-8-15(9-3-10-16)11-12-4-6-13(14)7-5-12/h4-7,16H,2-3,8-11,14H2,1H3. The molecule has 1 aromatic rings. The SMILES string of the molecule is CCCN(CCCO)Cc1ccc(N)cc1. The summed E-state index contributed by atoms with van der Waals surface area (Å²) in [5, 5.41) is 8.84. The number of nitrogens with two attached hydrogens (primary N) is 1. The molecule has 0 atom stereocenters. The van der Waals surface area contributed by atoms with E-state index < -0.39 is 0 Å². The van der Waals surface area contributed by atoms with Gasteiger partial charge in [-0.1, -0.05) is 19.1 Å². The first-order valence-corrected chi connectivity index (χ1v) is 5.94. The Morgan fingerprint density at radius 2 is 1.88 bits per heavy atom. The number of aliphatic hydroxyl groups excluding tert-OH is 1. The third kappa shape index (κ3) is 4.64. The summed E-state index contributed by atoms with van der Waals surface area (Å²) in [6.45, 7) is 5.41. The Morgan fingerprint density at radius 1 is 1.19 bits per heavy atom. The van der Waals surface area contributed by atoms with Crippen molar-refractivity contribution in [3.8, 4) is 0 Å². The lowest BCUT2D eigenvalue weighted by molar-refractivity contribution is 0.218. The molecule has 16 heavy (non-hydrogen) atoms. The Bertz CT molecular complexity index is 284. The van der Waals surface area contributed by atoms with Crippen LogP contribution in [0, 0.1) is 0 Å². The zero-order valence-electron chi connectivity index (χ0n) is 10.0. The van der Waals surface area contributed by atoms with Gasteiger partial charge in [0.25, 0.3) is 0 Å². The minimum atomic E-state index is 0.266. The summed E-state index contributed by atoms with van der Waals surface area (Å²) in [5.74, 6) is 0. The Balaban J connectivity index is 2.49. The Kier molecular flexibility index (Phi) is 5.90. The highest BCUT2D eigenvalue weighted by Crippen LogP contribution is 2.09. The van der Waals surface area contributed by atoms with Crippen LogP contribution in [0.2, 0.25) is 0 Å². The topological polar surface area (TPSA) is 49.5 Å². The van der Waals surface area contributed by atoms with Gasteiger partial charge in [0.2, 0.25) is 0 Å². The predicted octanol–water partition coefficient (Wildman–Crippen LogP) is 1.86. The van der Waals surface area contributed by atoms with E-state index in [1.807, 2.05) is 12.1 Å². The molecule has 0 aliphatic carbocycles. The van der Waals surface area contributed by atoms with Crippen molar-refractivity contribution < 1.29 is 5.11 Å². The molecule has 0 saturated carbocycles. The summed E-state index contributed by atoms with van der Waals surface area (Å²) in [6, 6.07) is 8.00. The second kappa shape index (κ2) is 7.25. The lowest BCUT2D eigenvalue weighted by Crippen LogP contribution is -2.25. The van der Waals surface area contributed by atoms with E-state index >= 15 is 0 Å². The van der Waals surface area contributed by atoms with E-state index in [0.29, 0.717) is 0 Å². The lowest BCUT2D eigenvalue weighted by Gasteiger charge is -2.21. The van der Waals surface area contributed by atoms with Gasteiger partial charge in [-0.15, -0.1) is 0 Å². The van der Waals surface area contributed by atoms with Gasteiger partial charge in [0.15, 0.2) is 0 Å². The molecule has 0 amide bonds. The van der Waals surface area contributed by atoms with Gasteiger partial charge in [0, 0.05) is 25.4 Å². The maximum atomic E-state index is 8.84. The van der Waals surface area contributed by atoms with Crippen molar-refractivity contribution in [3.63, 3.8) is 0 Å². The van der Waals surface area contributed by atoms with Crippen LogP contribution in [0.3, 0.4) is 0 Å². The van der Waals surface area contributed by atoms with E-state index in [1.165, 1.54) is 5.56 Å². The zero-order chi connectivity index (χ0) is 11.8. The predicted molar refractivity (Wildman–Crippen MR) is 68.1 cm³/mol. The number of nitrogen functional groups attached to an aromatic ring is 1. The fourth-order valence-corrected chi connectivity index (χ4v) is 1.76. The van der Waals surface area contributed by atoms with E-state index in [-0.39, 0.29) is 6.61 Å². The molecular formula is C13H22N2O. The first-order chi connectivity index (χ1) is 7.76. The van der Waals surface area contributed by atoms with Gasteiger partial charge in [-0.3, -0.25) is 4.90 Å². The molecule has 0 radical (unpaired) electrons. The summed E-state index contributed by atoms with van der Waals surface area (Å²) >= 11 is 0. The van der Waals surface area contributed by atoms with E-state index in [9.17, 15) is 0 Å². The minimum absolute atomic E-state index is 0.266. The van der Waals surface area contributed by atoms with Gasteiger partial charge < -0.3 is 10.8 Å². The van der Waals surface area contributed by atoms with Gasteiger partial charge in [-0.2, -0.15) is 0 Å². The monoisotopic (exact) mass is 222 g/mol. The molecule has 0 unspecified atom stereocenters. The third-order valence-electron chi connectivity index (χ3n) is 2.56. The molecule has 0 aliphatic rings. The van der Waals surface area contributed by atoms with Gasteiger partial charge in [0.05, 0.1) is 0 Å². The van der Waals surface area contributed by atoms with Crippen molar-refractivity contribution >= 4 is 5.69 Å². The number of aliphatic hydroxyl groups is 1. The van der Waals surface area contributed by atoms with Crippen LogP contribution in [0.4, 0.5) is 5.69 Å². The fraction of sp³-hybridized carbons (Fsp3) is 0.538. The van der Waals surface area contributed by atoms with Crippen LogP contribution < -0.4 is 5.73 Å². The van der Waals surface area contributed by atoms with Crippen molar-refractivity contribution in [2.75, 3.05) is 25.4 Å². The highest BCUT2D eigenvalue weighted by molar-refractivity contribution is 5.39. The molecular weight excluding hydrogens is 200 g/mol. The van der Waals surface area contributed by atoms with Crippen LogP contribution in [-0.2, 0) is 6.54 Å². The summed E-state index contributed by atoms with van der Waals surface area (Å²) in [6.07, 6.45) is 1.98. The molecule has 0 aliphatic heterocycles.